The highest BCUT2D eigenvalue weighted by molar-refractivity contribution is 7.99. The third-order valence-electron chi connectivity index (χ3n) is 6.15. The standard InChI is InChI=1S/C20H27N3O2S.ClH/c1-14-2-3-15(19(25)23-8-10-26-11-9-23)12-17(14)22-18(24)16-13-20(16)4-6-21-7-5-20;/h2-3,12,16,21H,4-11,13H2,1H3,(H,22,24);1H. The number of piperidine rings is 1. The van der Waals surface area contributed by atoms with Gasteiger partial charge in [-0.05, 0) is 62.4 Å². The minimum absolute atomic E-state index is 0. The summed E-state index contributed by atoms with van der Waals surface area (Å²) in [5.41, 5.74) is 2.68. The monoisotopic (exact) mass is 409 g/mol. The van der Waals surface area contributed by atoms with Gasteiger partial charge in [0, 0.05) is 41.8 Å². The van der Waals surface area contributed by atoms with Gasteiger partial charge in [0.2, 0.25) is 5.91 Å². The molecule has 3 fully saturated rings. The van der Waals surface area contributed by atoms with E-state index in [0.717, 1.165) is 68.2 Å². The first-order valence-electron chi connectivity index (χ1n) is 9.58. The van der Waals surface area contributed by atoms with Crippen LogP contribution in [0.25, 0.3) is 0 Å². The van der Waals surface area contributed by atoms with Gasteiger partial charge in [0.25, 0.3) is 5.91 Å². The van der Waals surface area contributed by atoms with E-state index in [1.54, 1.807) is 0 Å². The average Bonchev–Trinajstić information content (AvgIpc) is 3.37. The van der Waals surface area contributed by atoms with Crippen molar-refractivity contribution in [2.45, 2.75) is 26.2 Å². The van der Waals surface area contributed by atoms with E-state index < -0.39 is 0 Å². The molecule has 1 aliphatic carbocycles. The fraction of sp³-hybridized carbons (Fsp3) is 0.600. The van der Waals surface area contributed by atoms with Crippen molar-refractivity contribution >= 4 is 41.7 Å². The van der Waals surface area contributed by atoms with Crippen LogP contribution >= 0.6 is 24.2 Å². The second-order valence-electron chi connectivity index (χ2n) is 7.79. The molecule has 0 aromatic heterocycles. The van der Waals surface area contributed by atoms with Crippen LogP contribution in [0.5, 0.6) is 0 Å². The molecule has 5 nitrogen and oxygen atoms in total. The number of halogens is 1. The minimum Gasteiger partial charge on any atom is -0.337 e. The lowest BCUT2D eigenvalue weighted by molar-refractivity contribution is -0.118. The molecule has 2 saturated heterocycles. The van der Waals surface area contributed by atoms with Crippen molar-refractivity contribution < 1.29 is 9.59 Å². The molecule has 1 saturated carbocycles. The lowest BCUT2D eigenvalue weighted by atomic mass is 9.91. The van der Waals surface area contributed by atoms with E-state index in [1.807, 2.05) is 41.8 Å². The van der Waals surface area contributed by atoms with Crippen LogP contribution in [0.3, 0.4) is 0 Å². The highest BCUT2D eigenvalue weighted by Gasteiger charge is 2.57. The Morgan fingerprint density at radius 3 is 2.63 bits per heavy atom. The van der Waals surface area contributed by atoms with Gasteiger partial charge in [0.15, 0.2) is 0 Å². The lowest BCUT2D eigenvalue weighted by Crippen LogP contribution is -2.37. The molecule has 2 N–H and O–H groups in total. The molecule has 1 unspecified atom stereocenters. The van der Waals surface area contributed by atoms with Crippen LogP contribution in [0.2, 0.25) is 0 Å². The number of hydrogen-bond acceptors (Lipinski definition) is 4. The maximum Gasteiger partial charge on any atom is 0.253 e. The zero-order valence-corrected chi connectivity index (χ0v) is 17.4. The molecular formula is C20H28ClN3O2S. The number of carbonyl (C=O) groups is 2. The van der Waals surface area contributed by atoms with Gasteiger partial charge in [-0.1, -0.05) is 6.07 Å². The molecule has 4 rings (SSSR count). The summed E-state index contributed by atoms with van der Waals surface area (Å²) in [6.45, 7) is 5.62. The van der Waals surface area contributed by atoms with Crippen molar-refractivity contribution in [3.63, 3.8) is 0 Å². The van der Waals surface area contributed by atoms with Crippen molar-refractivity contribution in [3.8, 4) is 0 Å². The Morgan fingerprint density at radius 2 is 1.93 bits per heavy atom. The molecule has 3 aliphatic rings. The van der Waals surface area contributed by atoms with Crippen LogP contribution in [0.1, 0.15) is 35.2 Å². The normalized spacial score (nSPS) is 23.4. The van der Waals surface area contributed by atoms with Gasteiger partial charge >= 0.3 is 0 Å². The molecule has 148 valence electrons. The smallest absolute Gasteiger partial charge is 0.253 e. The molecular weight excluding hydrogens is 382 g/mol. The molecule has 27 heavy (non-hydrogen) atoms. The number of nitrogens with one attached hydrogen (secondary N) is 2. The van der Waals surface area contributed by atoms with Crippen LogP contribution in [0.15, 0.2) is 18.2 Å². The van der Waals surface area contributed by atoms with Crippen LogP contribution in [0, 0.1) is 18.3 Å². The van der Waals surface area contributed by atoms with Gasteiger partial charge in [-0.2, -0.15) is 11.8 Å². The number of thioether (sulfide) groups is 1. The van der Waals surface area contributed by atoms with Gasteiger partial charge < -0.3 is 15.5 Å². The average molecular weight is 410 g/mol. The number of nitrogens with zero attached hydrogens (tertiary/aromatic N) is 1. The predicted molar refractivity (Wildman–Crippen MR) is 113 cm³/mol. The maximum absolute atomic E-state index is 12.8. The SMILES string of the molecule is Cc1ccc(C(=O)N2CCSCC2)cc1NC(=O)C1CC12CCNCC2.Cl. The Kier molecular flexibility index (Phi) is 6.39. The molecule has 2 aliphatic heterocycles. The second-order valence-corrected chi connectivity index (χ2v) is 9.02. The number of benzene rings is 1. The Bertz CT molecular complexity index is 715. The second kappa shape index (κ2) is 8.41. The highest BCUT2D eigenvalue weighted by Crippen LogP contribution is 2.58. The molecule has 2 heterocycles. The maximum atomic E-state index is 12.8. The lowest BCUT2D eigenvalue weighted by Gasteiger charge is -2.26. The van der Waals surface area contributed by atoms with E-state index in [0.29, 0.717) is 5.56 Å². The van der Waals surface area contributed by atoms with Crippen molar-refractivity contribution in [2.24, 2.45) is 11.3 Å². The number of rotatable bonds is 3. The molecule has 1 aromatic rings. The highest BCUT2D eigenvalue weighted by atomic mass is 35.5. The Labute approximate surface area is 171 Å². The van der Waals surface area contributed by atoms with Gasteiger partial charge in [0.1, 0.15) is 0 Å². The Balaban J connectivity index is 0.00000210. The zero-order chi connectivity index (χ0) is 18.1. The van der Waals surface area contributed by atoms with Crippen molar-refractivity contribution in [3.05, 3.63) is 29.3 Å². The van der Waals surface area contributed by atoms with Gasteiger partial charge in [-0.15, -0.1) is 12.4 Å². The molecule has 2 amide bonds. The van der Waals surface area contributed by atoms with E-state index in [-0.39, 0.29) is 35.6 Å². The van der Waals surface area contributed by atoms with E-state index in [1.165, 1.54) is 0 Å². The first-order chi connectivity index (χ1) is 12.6. The topological polar surface area (TPSA) is 61.4 Å². The van der Waals surface area contributed by atoms with Crippen LogP contribution in [-0.2, 0) is 4.79 Å². The largest absolute Gasteiger partial charge is 0.337 e. The van der Waals surface area contributed by atoms with E-state index >= 15 is 0 Å². The molecule has 1 spiro atoms. The summed E-state index contributed by atoms with van der Waals surface area (Å²) in [5.74, 6) is 2.32. The Morgan fingerprint density at radius 1 is 1.22 bits per heavy atom. The molecule has 1 atom stereocenters. The van der Waals surface area contributed by atoms with E-state index in [2.05, 4.69) is 10.6 Å². The van der Waals surface area contributed by atoms with Crippen molar-refractivity contribution in [2.75, 3.05) is 43.0 Å². The zero-order valence-electron chi connectivity index (χ0n) is 15.8. The summed E-state index contributed by atoms with van der Waals surface area (Å²) < 4.78 is 0. The summed E-state index contributed by atoms with van der Waals surface area (Å²) in [4.78, 5) is 27.4. The Hall–Kier alpha value is -1.24. The van der Waals surface area contributed by atoms with Crippen molar-refractivity contribution in [1.29, 1.82) is 0 Å². The molecule has 1 aromatic carbocycles. The molecule has 7 heteroatoms. The number of anilines is 1. The van der Waals surface area contributed by atoms with E-state index in [9.17, 15) is 9.59 Å². The predicted octanol–water partition coefficient (Wildman–Crippen LogP) is 2.93. The summed E-state index contributed by atoms with van der Waals surface area (Å²) in [5, 5.41) is 6.48. The fourth-order valence-corrected chi connectivity index (χ4v) is 5.16. The van der Waals surface area contributed by atoms with Crippen LogP contribution in [-0.4, -0.2) is 54.4 Å². The van der Waals surface area contributed by atoms with E-state index in [4.69, 9.17) is 0 Å². The van der Waals surface area contributed by atoms with Crippen molar-refractivity contribution in [1.82, 2.24) is 10.2 Å². The first kappa shape index (κ1) is 20.5. The first-order valence-corrected chi connectivity index (χ1v) is 10.7. The number of aryl methyl sites for hydroxylation is 1. The summed E-state index contributed by atoms with van der Waals surface area (Å²) in [7, 11) is 0. The number of carbonyl (C=O) groups excluding carboxylic acids is 2. The van der Waals surface area contributed by atoms with Gasteiger partial charge in [-0.25, -0.2) is 0 Å². The minimum atomic E-state index is 0. The number of hydrogen-bond donors (Lipinski definition) is 2. The number of amides is 2. The van der Waals surface area contributed by atoms with Gasteiger partial charge in [-0.3, -0.25) is 9.59 Å². The fourth-order valence-electron chi connectivity index (χ4n) is 4.25. The summed E-state index contributed by atoms with van der Waals surface area (Å²) in [6.07, 6.45) is 3.19. The quantitative estimate of drug-likeness (QED) is 0.805. The molecule has 0 radical (unpaired) electrons. The van der Waals surface area contributed by atoms with Crippen LogP contribution in [0.4, 0.5) is 5.69 Å². The third kappa shape index (κ3) is 4.28. The van der Waals surface area contributed by atoms with Crippen LogP contribution < -0.4 is 10.6 Å². The summed E-state index contributed by atoms with van der Waals surface area (Å²) in [6, 6.07) is 5.67. The third-order valence-corrected chi connectivity index (χ3v) is 7.09. The van der Waals surface area contributed by atoms with Gasteiger partial charge in [0.05, 0.1) is 0 Å². The molecule has 0 bridgehead atoms. The summed E-state index contributed by atoms with van der Waals surface area (Å²) >= 11 is 1.89.